The van der Waals surface area contributed by atoms with Gasteiger partial charge in [0.05, 0.1) is 7.11 Å². The van der Waals surface area contributed by atoms with Crippen molar-refractivity contribution in [3.8, 4) is 5.75 Å². The summed E-state index contributed by atoms with van der Waals surface area (Å²) >= 11 is 1.92. The zero-order valence-electron chi connectivity index (χ0n) is 14.2. The van der Waals surface area contributed by atoms with Gasteiger partial charge in [0.15, 0.2) is 5.96 Å². The second kappa shape index (κ2) is 9.03. The van der Waals surface area contributed by atoms with Gasteiger partial charge in [-0.05, 0) is 25.2 Å². The molecular weight excluding hydrogens is 310 g/mol. The molecule has 1 aromatic carbocycles. The maximum Gasteiger partial charge on any atom is 0.191 e. The molecule has 0 saturated carbocycles. The molecule has 0 aliphatic carbocycles. The summed E-state index contributed by atoms with van der Waals surface area (Å²) in [6.45, 7) is 3.26. The first-order valence-electron chi connectivity index (χ1n) is 7.92. The van der Waals surface area contributed by atoms with E-state index in [-0.39, 0.29) is 4.75 Å². The second-order valence-corrected chi connectivity index (χ2v) is 6.86. The Morgan fingerprint density at radius 1 is 1.30 bits per heavy atom. The average Bonchev–Trinajstić information content (AvgIpc) is 2.63. The fourth-order valence-electron chi connectivity index (χ4n) is 2.69. The van der Waals surface area contributed by atoms with Crippen LogP contribution in [0.2, 0.25) is 0 Å². The molecule has 0 unspecified atom stereocenters. The first kappa shape index (κ1) is 17.9. The van der Waals surface area contributed by atoms with Crippen LogP contribution in [-0.4, -0.2) is 50.9 Å². The molecule has 1 aliphatic heterocycles. The van der Waals surface area contributed by atoms with Crippen LogP contribution in [0.1, 0.15) is 18.4 Å². The first-order chi connectivity index (χ1) is 11.2. The van der Waals surface area contributed by atoms with Crippen LogP contribution in [0.15, 0.2) is 29.3 Å². The largest absolute Gasteiger partial charge is 0.496 e. The van der Waals surface area contributed by atoms with Gasteiger partial charge >= 0.3 is 0 Å². The van der Waals surface area contributed by atoms with Crippen molar-refractivity contribution in [3.63, 3.8) is 0 Å². The molecule has 0 amide bonds. The number of para-hydroxylation sites is 1. The Balaban J connectivity index is 1.88. The monoisotopic (exact) mass is 337 g/mol. The highest BCUT2D eigenvalue weighted by Crippen LogP contribution is 2.32. The van der Waals surface area contributed by atoms with E-state index < -0.39 is 0 Å². The van der Waals surface area contributed by atoms with E-state index in [1.54, 1.807) is 14.2 Å². The number of hydrogen-bond donors (Lipinski definition) is 2. The van der Waals surface area contributed by atoms with Crippen molar-refractivity contribution < 1.29 is 9.47 Å². The molecule has 1 aromatic rings. The third-order valence-corrected chi connectivity index (χ3v) is 5.70. The molecule has 0 spiro atoms. The summed E-state index contributed by atoms with van der Waals surface area (Å²) < 4.78 is 11.1. The maximum absolute atomic E-state index is 5.49. The van der Waals surface area contributed by atoms with Gasteiger partial charge in [-0.25, -0.2) is 0 Å². The Hall–Kier alpha value is -1.40. The number of nitrogens with zero attached hydrogens (tertiary/aromatic N) is 1. The van der Waals surface area contributed by atoms with Crippen LogP contribution in [0, 0.1) is 0 Å². The van der Waals surface area contributed by atoms with Crippen molar-refractivity contribution >= 4 is 17.7 Å². The van der Waals surface area contributed by atoms with E-state index in [4.69, 9.17) is 9.47 Å². The van der Waals surface area contributed by atoms with Gasteiger partial charge in [0.1, 0.15) is 5.75 Å². The fraction of sp³-hybridized carbons (Fsp3) is 0.588. The highest BCUT2D eigenvalue weighted by atomic mass is 32.2. The molecule has 1 heterocycles. The molecule has 0 bridgehead atoms. The molecule has 2 rings (SSSR count). The standard InChI is InChI=1S/C17H27N3O2S/c1-18-16(19-12-14-6-4-5-7-15(14)21-2)20-13-17(23-3)8-10-22-11-9-17/h4-7H,8-13H2,1-3H3,(H2,18,19,20). The van der Waals surface area contributed by atoms with Crippen LogP contribution in [0.25, 0.3) is 0 Å². The van der Waals surface area contributed by atoms with Crippen molar-refractivity contribution in [2.75, 3.05) is 40.2 Å². The van der Waals surface area contributed by atoms with E-state index in [2.05, 4.69) is 27.9 Å². The van der Waals surface area contributed by atoms with Crippen LogP contribution in [0.3, 0.4) is 0 Å². The molecule has 0 atom stereocenters. The quantitative estimate of drug-likeness (QED) is 0.616. The summed E-state index contributed by atoms with van der Waals surface area (Å²) in [5, 5.41) is 6.82. The highest BCUT2D eigenvalue weighted by molar-refractivity contribution is 8.00. The average molecular weight is 337 g/mol. The molecule has 0 radical (unpaired) electrons. The van der Waals surface area contributed by atoms with E-state index in [0.717, 1.165) is 49.9 Å². The van der Waals surface area contributed by atoms with E-state index >= 15 is 0 Å². The smallest absolute Gasteiger partial charge is 0.191 e. The van der Waals surface area contributed by atoms with E-state index in [1.807, 2.05) is 30.0 Å². The lowest BCUT2D eigenvalue weighted by Gasteiger charge is -2.36. The van der Waals surface area contributed by atoms with Crippen LogP contribution in [0.5, 0.6) is 5.75 Å². The van der Waals surface area contributed by atoms with Crippen LogP contribution in [-0.2, 0) is 11.3 Å². The molecule has 1 saturated heterocycles. The zero-order chi connectivity index (χ0) is 16.5. The summed E-state index contributed by atoms with van der Waals surface area (Å²) in [6.07, 6.45) is 4.33. The second-order valence-electron chi connectivity index (χ2n) is 5.59. The van der Waals surface area contributed by atoms with Gasteiger partial charge in [0, 0.05) is 43.7 Å². The molecule has 0 aromatic heterocycles. The number of nitrogens with one attached hydrogen (secondary N) is 2. The Bertz CT molecular complexity index is 516. The van der Waals surface area contributed by atoms with Crippen molar-refractivity contribution in [2.45, 2.75) is 24.1 Å². The van der Waals surface area contributed by atoms with E-state index in [0.29, 0.717) is 6.54 Å². The van der Waals surface area contributed by atoms with Crippen molar-refractivity contribution in [1.82, 2.24) is 10.6 Å². The summed E-state index contributed by atoms with van der Waals surface area (Å²) in [5.41, 5.74) is 1.11. The van der Waals surface area contributed by atoms with Gasteiger partial charge in [0.2, 0.25) is 0 Å². The molecule has 1 aliphatic rings. The molecule has 128 valence electrons. The highest BCUT2D eigenvalue weighted by Gasteiger charge is 2.31. The lowest BCUT2D eigenvalue weighted by molar-refractivity contribution is 0.0783. The third kappa shape index (κ3) is 5.04. The topological polar surface area (TPSA) is 54.9 Å². The fourth-order valence-corrected chi connectivity index (χ4v) is 3.48. The molecule has 2 N–H and O–H groups in total. The Morgan fingerprint density at radius 2 is 2.04 bits per heavy atom. The van der Waals surface area contributed by atoms with Crippen LogP contribution in [0.4, 0.5) is 0 Å². The maximum atomic E-state index is 5.49. The van der Waals surface area contributed by atoms with Crippen LogP contribution >= 0.6 is 11.8 Å². The number of benzene rings is 1. The number of aliphatic imine (C=N–C) groups is 1. The molecule has 5 nitrogen and oxygen atoms in total. The van der Waals surface area contributed by atoms with Gasteiger partial charge in [-0.15, -0.1) is 0 Å². The minimum Gasteiger partial charge on any atom is -0.496 e. The number of ether oxygens (including phenoxy) is 2. The third-order valence-electron chi connectivity index (χ3n) is 4.28. The number of thioether (sulfide) groups is 1. The number of hydrogen-bond acceptors (Lipinski definition) is 4. The minimum absolute atomic E-state index is 0.236. The van der Waals surface area contributed by atoms with Crippen LogP contribution < -0.4 is 15.4 Å². The molecular formula is C17H27N3O2S. The number of rotatable bonds is 6. The molecule has 23 heavy (non-hydrogen) atoms. The van der Waals surface area contributed by atoms with Gasteiger partial charge in [-0.1, -0.05) is 18.2 Å². The number of methoxy groups -OCH3 is 1. The van der Waals surface area contributed by atoms with Gasteiger partial charge in [0.25, 0.3) is 0 Å². The predicted molar refractivity (Wildman–Crippen MR) is 97.5 cm³/mol. The van der Waals surface area contributed by atoms with Crippen molar-refractivity contribution in [3.05, 3.63) is 29.8 Å². The van der Waals surface area contributed by atoms with Gasteiger partial charge in [-0.2, -0.15) is 11.8 Å². The van der Waals surface area contributed by atoms with Crippen molar-refractivity contribution in [2.24, 2.45) is 4.99 Å². The van der Waals surface area contributed by atoms with E-state index in [1.165, 1.54) is 0 Å². The lowest BCUT2D eigenvalue weighted by Crippen LogP contribution is -2.47. The number of guanidine groups is 1. The van der Waals surface area contributed by atoms with Gasteiger partial charge < -0.3 is 20.1 Å². The SMILES string of the molecule is CN=C(NCc1ccccc1OC)NCC1(SC)CCOCC1. The molecule has 6 heteroatoms. The van der Waals surface area contributed by atoms with Gasteiger partial charge in [-0.3, -0.25) is 4.99 Å². The zero-order valence-corrected chi connectivity index (χ0v) is 15.0. The lowest BCUT2D eigenvalue weighted by atomic mass is 9.99. The predicted octanol–water partition coefficient (Wildman–Crippen LogP) is 2.27. The summed E-state index contributed by atoms with van der Waals surface area (Å²) in [7, 11) is 3.49. The first-order valence-corrected chi connectivity index (χ1v) is 9.15. The van der Waals surface area contributed by atoms with E-state index in [9.17, 15) is 0 Å². The molecule has 1 fully saturated rings. The Labute approximate surface area is 143 Å². The minimum atomic E-state index is 0.236. The summed E-state index contributed by atoms with van der Waals surface area (Å²) in [5.74, 6) is 1.70. The van der Waals surface area contributed by atoms with Crippen molar-refractivity contribution in [1.29, 1.82) is 0 Å². The Morgan fingerprint density at radius 3 is 2.70 bits per heavy atom. The Kier molecular flexibility index (Phi) is 7.05. The normalized spacial score (nSPS) is 17.6. The summed E-state index contributed by atoms with van der Waals surface area (Å²) in [4.78, 5) is 4.32. The summed E-state index contributed by atoms with van der Waals surface area (Å²) in [6, 6.07) is 8.02.